The normalized spacial score (nSPS) is 10.3. The molecule has 0 unspecified atom stereocenters. The summed E-state index contributed by atoms with van der Waals surface area (Å²) in [5, 5.41) is 5.32. The number of hydrogen-bond acceptors (Lipinski definition) is 4. The first kappa shape index (κ1) is 16.2. The molecule has 3 aromatic rings. The topological polar surface area (TPSA) is 107 Å². The van der Waals surface area contributed by atoms with Crippen molar-refractivity contribution in [3.8, 4) is 0 Å². The summed E-state index contributed by atoms with van der Waals surface area (Å²) in [6.07, 6.45) is 0. The molecular formula is C17H13FN4O3. The molecule has 0 aliphatic heterocycles. The van der Waals surface area contributed by atoms with Crippen molar-refractivity contribution in [3.05, 3.63) is 86.8 Å². The van der Waals surface area contributed by atoms with Gasteiger partial charge in [0.15, 0.2) is 0 Å². The van der Waals surface area contributed by atoms with Crippen LogP contribution in [0.4, 0.5) is 21.6 Å². The van der Waals surface area contributed by atoms with Crippen molar-refractivity contribution in [1.29, 1.82) is 0 Å². The maximum absolute atomic E-state index is 13.0. The summed E-state index contributed by atoms with van der Waals surface area (Å²) < 4.78 is 13.0. The summed E-state index contributed by atoms with van der Waals surface area (Å²) in [6, 6.07) is 13.8. The number of anilines is 3. The van der Waals surface area contributed by atoms with Gasteiger partial charge in [0.25, 0.3) is 11.5 Å². The molecule has 4 N–H and O–H groups in total. The van der Waals surface area contributed by atoms with Crippen LogP contribution in [-0.4, -0.2) is 15.9 Å². The number of carbonyl (C=O) groups is 1. The second-order valence-corrected chi connectivity index (χ2v) is 5.11. The highest BCUT2D eigenvalue weighted by molar-refractivity contribution is 6.07. The van der Waals surface area contributed by atoms with E-state index in [9.17, 15) is 18.8 Å². The van der Waals surface area contributed by atoms with Gasteiger partial charge in [-0.15, -0.1) is 0 Å². The highest BCUT2D eigenvalue weighted by atomic mass is 19.1. The maximum atomic E-state index is 13.0. The summed E-state index contributed by atoms with van der Waals surface area (Å²) in [4.78, 5) is 40.5. The van der Waals surface area contributed by atoms with Crippen molar-refractivity contribution in [2.75, 3.05) is 10.6 Å². The molecule has 3 rings (SSSR count). The minimum Gasteiger partial charge on any atom is -0.341 e. The lowest BCUT2D eigenvalue weighted by Crippen LogP contribution is -2.32. The van der Waals surface area contributed by atoms with Crippen LogP contribution in [0.3, 0.4) is 0 Å². The van der Waals surface area contributed by atoms with Crippen LogP contribution in [0.1, 0.15) is 10.4 Å². The standard InChI is InChI=1S/C17H13FN4O3/c18-10-6-8-12(9-7-10)19-14-13(16(24)22-17(25)21-14)15(23)20-11-4-2-1-3-5-11/h1-9H,(H,20,23)(H3,19,21,22,24,25). The number of amides is 1. The van der Waals surface area contributed by atoms with Crippen molar-refractivity contribution >= 4 is 23.1 Å². The number of carbonyl (C=O) groups excluding carboxylic acids is 1. The number of aromatic amines is 2. The van der Waals surface area contributed by atoms with Gasteiger partial charge in [-0.3, -0.25) is 19.6 Å². The largest absolute Gasteiger partial charge is 0.341 e. The average Bonchev–Trinajstić information content (AvgIpc) is 2.57. The predicted molar refractivity (Wildman–Crippen MR) is 91.8 cm³/mol. The lowest BCUT2D eigenvalue weighted by molar-refractivity contribution is 0.102. The van der Waals surface area contributed by atoms with E-state index in [1.54, 1.807) is 30.3 Å². The van der Waals surface area contributed by atoms with Gasteiger partial charge in [0, 0.05) is 11.4 Å². The zero-order chi connectivity index (χ0) is 17.8. The first-order valence-electron chi connectivity index (χ1n) is 7.28. The molecular weight excluding hydrogens is 327 g/mol. The molecule has 2 aromatic carbocycles. The fraction of sp³-hybridized carbons (Fsp3) is 0. The van der Waals surface area contributed by atoms with E-state index in [-0.39, 0.29) is 11.4 Å². The Hall–Kier alpha value is -3.68. The molecule has 126 valence electrons. The van der Waals surface area contributed by atoms with Crippen LogP contribution in [-0.2, 0) is 0 Å². The number of hydrogen-bond donors (Lipinski definition) is 4. The Balaban J connectivity index is 1.97. The highest BCUT2D eigenvalue weighted by Crippen LogP contribution is 2.17. The molecule has 1 heterocycles. The Morgan fingerprint density at radius 2 is 1.56 bits per heavy atom. The number of halogens is 1. The van der Waals surface area contributed by atoms with E-state index < -0.39 is 23.0 Å². The van der Waals surface area contributed by atoms with Crippen molar-refractivity contribution in [2.45, 2.75) is 0 Å². The predicted octanol–water partition coefficient (Wildman–Crippen LogP) is 2.20. The molecule has 25 heavy (non-hydrogen) atoms. The third-order valence-electron chi connectivity index (χ3n) is 3.31. The molecule has 0 aliphatic rings. The van der Waals surface area contributed by atoms with Gasteiger partial charge in [-0.2, -0.15) is 0 Å². The summed E-state index contributed by atoms with van der Waals surface area (Å²) >= 11 is 0. The second kappa shape index (κ2) is 6.83. The number of aromatic nitrogens is 2. The summed E-state index contributed by atoms with van der Waals surface area (Å²) in [5.41, 5.74) is -1.03. The lowest BCUT2D eigenvalue weighted by Gasteiger charge is -2.11. The molecule has 0 saturated heterocycles. The molecule has 1 aromatic heterocycles. The summed E-state index contributed by atoms with van der Waals surface area (Å²) in [7, 11) is 0. The Morgan fingerprint density at radius 3 is 2.24 bits per heavy atom. The lowest BCUT2D eigenvalue weighted by atomic mass is 10.2. The fourth-order valence-electron chi connectivity index (χ4n) is 2.19. The molecule has 0 atom stereocenters. The number of H-pyrrole nitrogens is 2. The molecule has 1 amide bonds. The van der Waals surface area contributed by atoms with Gasteiger partial charge < -0.3 is 10.6 Å². The zero-order valence-electron chi connectivity index (χ0n) is 12.8. The van der Waals surface area contributed by atoms with Crippen LogP contribution < -0.4 is 21.9 Å². The van der Waals surface area contributed by atoms with Crippen molar-refractivity contribution in [2.24, 2.45) is 0 Å². The number of benzene rings is 2. The van der Waals surface area contributed by atoms with Crippen LogP contribution >= 0.6 is 0 Å². The smallest absolute Gasteiger partial charge is 0.327 e. The van der Waals surface area contributed by atoms with Gasteiger partial charge >= 0.3 is 5.69 Å². The van der Waals surface area contributed by atoms with Crippen LogP contribution in [0.5, 0.6) is 0 Å². The second-order valence-electron chi connectivity index (χ2n) is 5.11. The van der Waals surface area contributed by atoms with Gasteiger partial charge in [0.05, 0.1) is 0 Å². The van der Waals surface area contributed by atoms with E-state index in [1.807, 2.05) is 4.98 Å². The maximum Gasteiger partial charge on any atom is 0.327 e. The third kappa shape index (κ3) is 3.81. The summed E-state index contributed by atoms with van der Waals surface area (Å²) in [5.74, 6) is -1.23. The minimum atomic E-state index is -0.846. The molecule has 0 radical (unpaired) electrons. The molecule has 0 aliphatic carbocycles. The fourth-order valence-corrected chi connectivity index (χ4v) is 2.19. The SMILES string of the molecule is O=C(Nc1ccccc1)c1c(Nc2ccc(F)cc2)[nH]c(=O)[nH]c1=O. The van der Waals surface area contributed by atoms with Gasteiger partial charge in [-0.05, 0) is 36.4 Å². The molecule has 0 bridgehead atoms. The Morgan fingerprint density at radius 1 is 0.880 bits per heavy atom. The molecule has 7 nitrogen and oxygen atoms in total. The number of para-hydroxylation sites is 1. The molecule has 8 heteroatoms. The van der Waals surface area contributed by atoms with Crippen molar-refractivity contribution < 1.29 is 9.18 Å². The van der Waals surface area contributed by atoms with Crippen LogP contribution in [0.2, 0.25) is 0 Å². The van der Waals surface area contributed by atoms with Gasteiger partial charge in [0.2, 0.25) is 0 Å². The average molecular weight is 340 g/mol. The third-order valence-corrected chi connectivity index (χ3v) is 3.31. The molecule has 0 spiro atoms. The van der Waals surface area contributed by atoms with E-state index in [1.165, 1.54) is 24.3 Å². The highest BCUT2D eigenvalue weighted by Gasteiger charge is 2.18. The quantitative estimate of drug-likeness (QED) is 0.584. The minimum absolute atomic E-state index is 0.0891. The van der Waals surface area contributed by atoms with Gasteiger partial charge in [-0.25, -0.2) is 9.18 Å². The van der Waals surface area contributed by atoms with Crippen molar-refractivity contribution in [1.82, 2.24) is 9.97 Å². The number of nitrogens with one attached hydrogen (secondary N) is 4. The Kier molecular flexibility index (Phi) is 4.42. The number of rotatable bonds is 4. The first-order chi connectivity index (χ1) is 12.0. The van der Waals surface area contributed by atoms with E-state index in [4.69, 9.17) is 0 Å². The zero-order valence-corrected chi connectivity index (χ0v) is 12.8. The van der Waals surface area contributed by atoms with E-state index in [2.05, 4.69) is 15.6 Å². The molecule has 0 saturated carbocycles. The summed E-state index contributed by atoms with van der Waals surface area (Å²) in [6.45, 7) is 0. The van der Waals surface area contributed by atoms with Crippen LogP contribution in [0.15, 0.2) is 64.2 Å². The van der Waals surface area contributed by atoms with Gasteiger partial charge in [-0.1, -0.05) is 18.2 Å². The molecule has 0 fully saturated rings. The van der Waals surface area contributed by atoms with Crippen LogP contribution in [0, 0.1) is 5.82 Å². The Labute approximate surface area is 140 Å². The van der Waals surface area contributed by atoms with E-state index in [0.717, 1.165) is 0 Å². The monoisotopic (exact) mass is 340 g/mol. The Bertz CT molecular complexity index is 1010. The van der Waals surface area contributed by atoms with Crippen LogP contribution in [0.25, 0.3) is 0 Å². The first-order valence-corrected chi connectivity index (χ1v) is 7.28. The van der Waals surface area contributed by atoms with E-state index >= 15 is 0 Å². The van der Waals surface area contributed by atoms with Crippen molar-refractivity contribution in [3.63, 3.8) is 0 Å². The van der Waals surface area contributed by atoms with E-state index in [0.29, 0.717) is 11.4 Å². The van der Waals surface area contributed by atoms with Gasteiger partial charge in [0.1, 0.15) is 17.2 Å².